The second kappa shape index (κ2) is 6.95. The van der Waals surface area contributed by atoms with Crippen LogP contribution in [0, 0.1) is 5.92 Å². The van der Waals surface area contributed by atoms with Gasteiger partial charge in [0.2, 0.25) is 0 Å². The van der Waals surface area contributed by atoms with E-state index >= 15 is 0 Å². The van der Waals surface area contributed by atoms with Crippen LogP contribution in [-0.4, -0.2) is 18.7 Å². The molecule has 1 aromatic rings. The average molecular weight is 261 g/mol. The van der Waals surface area contributed by atoms with Gasteiger partial charge in [0.1, 0.15) is 0 Å². The molecular formula is C17H27NO. The van der Waals surface area contributed by atoms with Gasteiger partial charge < -0.3 is 10.0 Å². The highest BCUT2D eigenvalue weighted by molar-refractivity contribution is 5.47. The Morgan fingerprint density at radius 2 is 1.79 bits per heavy atom. The molecule has 2 heteroatoms. The maximum absolute atomic E-state index is 9.81. The molecular weight excluding hydrogens is 234 g/mol. The molecule has 2 rings (SSSR count). The molecule has 1 aliphatic carbocycles. The van der Waals surface area contributed by atoms with E-state index in [4.69, 9.17) is 0 Å². The molecule has 1 fully saturated rings. The molecule has 0 heterocycles. The van der Waals surface area contributed by atoms with E-state index in [-0.39, 0.29) is 6.10 Å². The molecule has 0 radical (unpaired) electrons. The first kappa shape index (κ1) is 14.4. The summed E-state index contributed by atoms with van der Waals surface area (Å²) in [6.07, 6.45) is 7.45. The molecule has 2 nitrogen and oxygen atoms in total. The maximum atomic E-state index is 9.81. The van der Waals surface area contributed by atoms with Crippen molar-refractivity contribution in [1.29, 1.82) is 0 Å². The van der Waals surface area contributed by atoms with Crippen molar-refractivity contribution in [2.24, 2.45) is 5.92 Å². The zero-order valence-corrected chi connectivity index (χ0v) is 12.3. The average Bonchev–Trinajstić information content (AvgIpc) is 2.47. The Bertz CT molecular complexity index is 367. The summed E-state index contributed by atoms with van der Waals surface area (Å²) in [4.78, 5) is 2.36. The van der Waals surface area contributed by atoms with E-state index in [9.17, 15) is 5.11 Å². The van der Waals surface area contributed by atoms with E-state index in [0.717, 1.165) is 24.4 Å². The van der Waals surface area contributed by atoms with E-state index < -0.39 is 0 Å². The summed E-state index contributed by atoms with van der Waals surface area (Å²) in [6.45, 7) is 3.17. The van der Waals surface area contributed by atoms with E-state index in [1.807, 2.05) is 6.92 Å². The molecule has 0 aliphatic heterocycles. The fourth-order valence-electron chi connectivity index (χ4n) is 3.05. The quantitative estimate of drug-likeness (QED) is 0.861. The minimum Gasteiger partial charge on any atom is -0.388 e. The SMILES string of the molecule is CCC(O)c1ccc(N(C)CC2CCCCC2)cc1. The summed E-state index contributed by atoms with van der Waals surface area (Å²) in [5.41, 5.74) is 2.29. The van der Waals surface area contributed by atoms with Crippen molar-refractivity contribution in [2.75, 3.05) is 18.5 Å². The monoisotopic (exact) mass is 261 g/mol. The standard InChI is InChI=1S/C17H27NO/c1-3-17(19)15-9-11-16(12-10-15)18(2)13-14-7-5-4-6-8-14/h9-12,14,17,19H,3-8,13H2,1-2H3. The molecule has 1 aliphatic rings. The van der Waals surface area contributed by atoms with Crippen LogP contribution in [0.5, 0.6) is 0 Å². The van der Waals surface area contributed by atoms with Gasteiger partial charge in [-0.15, -0.1) is 0 Å². The number of benzene rings is 1. The third-order valence-electron chi connectivity index (χ3n) is 4.36. The number of rotatable bonds is 5. The second-order valence-electron chi connectivity index (χ2n) is 5.90. The first-order valence-electron chi connectivity index (χ1n) is 7.70. The number of aliphatic hydroxyl groups is 1. The van der Waals surface area contributed by atoms with Crippen molar-refractivity contribution < 1.29 is 5.11 Å². The lowest BCUT2D eigenvalue weighted by Crippen LogP contribution is -2.26. The number of hydrogen-bond donors (Lipinski definition) is 1. The molecule has 1 unspecified atom stereocenters. The molecule has 0 amide bonds. The molecule has 0 aromatic heterocycles. The first-order chi connectivity index (χ1) is 9.20. The minimum atomic E-state index is -0.322. The number of nitrogens with zero attached hydrogens (tertiary/aromatic N) is 1. The molecule has 0 spiro atoms. The summed E-state index contributed by atoms with van der Waals surface area (Å²) in [7, 11) is 2.18. The lowest BCUT2D eigenvalue weighted by molar-refractivity contribution is 0.173. The van der Waals surface area contributed by atoms with Crippen LogP contribution in [0.4, 0.5) is 5.69 Å². The van der Waals surface area contributed by atoms with Crippen LogP contribution in [-0.2, 0) is 0 Å². The topological polar surface area (TPSA) is 23.5 Å². The van der Waals surface area contributed by atoms with Crippen molar-refractivity contribution in [3.63, 3.8) is 0 Å². The second-order valence-corrected chi connectivity index (χ2v) is 5.90. The fraction of sp³-hybridized carbons (Fsp3) is 0.647. The Labute approximate surface area is 117 Å². The smallest absolute Gasteiger partial charge is 0.0787 e. The zero-order chi connectivity index (χ0) is 13.7. The highest BCUT2D eigenvalue weighted by Crippen LogP contribution is 2.26. The molecule has 1 aromatic carbocycles. The third kappa shape index (κ3) is 3.97. The Balaban J connectivity index is 1.93. The lowest BCUT2D eigenvalue weighted by Gasteiger charge is -2.28. The maximum Gasteiger partial charge on any atom is 0.0787 e. The lowest BCUT2D eigenvalue weighted by atomic mass is 9.89. The van der Waals surface area contributed by atoms with Gasteiger partial charge in [0.05, 0.1) is 6.10 Å². The Morgan fingerprint density at radius 3 is 2.37 bits per heavy atom. The van der Waals surface area contributed by atoms with E-state index in [2.05, 4.69) is 36.2 Å². The number of aliphatic hydroxyl groups excluding tert-OH is 1. The predicted molar refractivity (Wildman–Crippen MR) is 81.5 cm³/mol. The van der Waals surface area contributed by atoms with Crippen LogP contribution < -0.4 is 4.90 Å². The van der Waals surface area contributed by atoms with Crippen LogP contribution in [0.2, 0.25) is 0 Å². The first-order valence-corrected chi connectivity index (χ1v) is 7.70. The summed E-state index contributed by atoms with van der Waals surface area (Å²) in [5, 5.41) is 9.81. The predicted octanol–water partition coefficient (Wildman–Crippen LogP) is 4.15. The largest absolute Gasteiger partial charge is 0.388 e. The van der Waals surface area contributed by atoms with Crippen molar-refractivity contribution in [1.82, 2.24) is 0 Å². The summed E-state index contributed by atoms with van der Waals surface area (Å²) in [6, 6.07) is 8.38. The van der Waals surface area contributed by atoms with Gasteiger partial charge in [-0.3, -0.25) is 0 Å². The van der Waals surface area contributed by atoms with Crippen molar-refractivity contribution in [3.8, 4) is 0 Å². The molecule has 1 N–H and O–H groups in total. The van der Waals surface area contributed by atoms with Gasteiger partial charge in [-0.1, -0.05) is 38.3 Å². The fourth-order valence-corrected chi connectivity index (χ4v) is 3.05. The van der Waals surface area contributed by atoms with E-state index in [1.165, 1.54) is 37.8 Å². The van der Waals surface area contributed by atoms with Crippen LogP contribution in [0.15, 0.2) is 24.3 Å². The summed E-state index contributed by atoms with van der Waals surface area (Å²) < 4.78 is 0. The number of anilines is 1. The van der Waals surface area contributed by atoms with E-state index in [1.54, 1.807) is 0 Å². The Hall–Kier alpha value is -1.02. The van der Waals surface area contributed by atoms with Crippen molar-refractivity contribution in [3.05, 3.63) is 29.8 Å². The van der Waals surface area contributed by atoms with Gasteiger partial charge in [-0.2, -0.15) is 0 Å². The van der Waals surface area contributed by atoms with Crippen LogP contribution in [0.3, 0.4) is 0 Å². The summed E-state index contributed by atoms with van der Waals surface area (Å²) >= 11 is 0. The Morgan fingerprint density at radius 1 is 1.16 bits per heavy atom. The highest BCUT2D eigenvalue weighted by Gasteiger charge is 2.15. The van der Waals surface area contributed by atoms with Crippen molar-refractivity contribution in [2.45, 2.75) is 51.6 Å². The van der Waals surface area contributed by atoms with Gasteiger partial charge >= 0.3 is 0 Å². The molecule has 0 bridgehead atoms. The minimum absolute atomic E-state index is 0.322. The number of hydrogen-bond acceptors (Lipinski definition) is 2. The zero-order valence-electron chi connectivity index (χ0n) is 12.3. The van der Waals surface area contributed by atoms with Crippen molar-refractivity contribution >= 4 is 5.69 Å². The molecule has 19 heavy (non-hydrogen) atoms. The van der Waals surface area contributed by atoms with Gasteiger partial charge in [0.25, 0.3) is 0 Å². The van der Waals surface area contributed by atoms with E-state index in [0.29, 0.717) is 0 Å². The summed E-state index contributed by atoms with van der Waals surface area (Å²) in [5.74, 6) is 0.861. The van der Waals surface area contributed by atoms with Gasteiger partial charge in [0, 0.05) is 19.3 Å². The molecule has 0 saturated heterocycles. The van der Waals surface area contributed by atoms with Crippen LogP contribution in [0.25, 0.3) is 0 Å². The Kier molecular flexibility index (Phi) is 5.26. The molecule has 1 atom stereocenters. The third-order valence-corrected chi connectivity index (χ3v) is 4.36. The molecule has 106 valence electrons. The highest BCUT2D eigenvalue weighted by atomic mass is 16.3. The van der Waals surface area contributed by atoms with Crippen LogP contribution >= 0.6 is 0 Å². The van der Waals surface area contributed by atoms with Gasteiger partial charge in [-0.25, -0.2) is 0 Å². The molecule has 1 saturated carbocycles. The van der Waals surface area contributed by atoms with Gasteiger partial charge in [-0.05, 0) is 42.9 Å². The normalized spacial score (nSPS) is 18.3. The van der Waals surface area contributed by atoms with Crippen LogP contribution in [0.1, 0.15) is 57.1 Å². The van der Waals surface area contributed by atoms with Gasteiger partial charge in [0.15, 0.2) is 0 Å².